The molecule has 0 saturated heterocycles. The summed E-state index contributed by atoms with van der Waals surface area (Å²) in [6.45, 7) is 7.85. The van der Waals surface area contributed by atoms with Gasteiger partial charge in [-0.1, -0.05) is 56.8 Å². The summed E-state index contributed by atoms with van der Waals surface area (Å²) < 4.78 is 19.7. The van der Waals surface area contributed by atoms with Crippen molar-refractivity contribution in [3.63, 3.8) is 0 Å². The number of benzene rings is 1. The highest BCUT2D eigenvalue weighted by Crippen LogP contribution is 2.20. The van der Waals surface area contributed by atoms with Crippen LogP contribution >= 0.6 is 0 Å². The summed E-state index contributed by atoms with van der Waals surface area (Å²) >= 11 is 0. The van der Waals surface area contributed by atoms with Gasteiger partial charge in [0.15, 0.2) is 17.3 Å². The molecule has 0 aliphatic heterocycles. The second-order valence-corrected chi connectivity index (χ2v) is 8.42. The number of rotatable bonds is 19. The highest BCUT2D eigenvalue weighted by molar-refractivity contribution is 5.96. The molecular weight excluding hydrogens is 419 g/mol. The fraction of sp³-hybridized carbons (Fsp3) is 0.556. The molecule has 0 aliphatic rings. The summed E-state index contributed by atoms with van der Waals surface area (Å²) in [6, 6.07) is 4.45. The van der Waals surface area contributed by atoms with E-state index < -0.39 is 5.82 Å². The van der Waals surface area contributed by atoms with Crippen molar-refractivity contribution in [3.05, 3.63) is 54.4 Å². The number of amides is 1. The van der Waals surface area contributed by atoms with Gasteiger partial charge in [0.1, 0.15) is 6.61 Å². The van der Waals surface area contributed by atoms with Gasteiger partial charge in [0.2, 0.25) is 5.91 Å². The molecule has 0 aromatic heterocycles. The van der Waals surface area contributed by atoms with Crippen LogP contribution in [0, 0.1) is 5.82 Å². The number of unbranched alkanes of at least 4 members (excludes halogenated alkanes) is 7. The molecule has 33 heavy (non-hydrogen) atoms. The lowest BCUT2D eigenvalue weighted by Crippen LogP contribution is -2.20. The third-order valence-corrected chi connectivity index (χ3v) is 5.32. The zero-order valence-corrected chi connectivity index (χ0v) is 20.4. The number of Topliss-reactive ketones (excluding diaryl/α,β-unsaturated/α-hetero) is 1. The van der Waals surface area contributed by atoms with Crippen molar-refractivity contribution >= 4 is 11.7 Å². The number of hydrogen-bond donors (Lipinski definition) is 1. The van der Waals surface area contributed by atoms with E-state index >= 15 is 0 Å². The van der Waals surface area contributed by atoms with E-state index in [9.17, 15) is 14.0 Å². The van der Waals surface area contributed by atoms with E-state index in [1.807, 2.05) is 25.3 Å². The number of nitrogens with one attached hydrogen (secondary N) is 1. The fourth-order valence-corrected chi connectivity index (χ4v) is 3.43. The van der Waals surface area contributed by atoms with Crippen LogP contribution < -0.4 is 10.1 Å². The Morgan fingerprint density at radius 2 is 1.70 bits per heavy atom. The van der Waals surface area contributed by atoms with E-state index in [-0.39, 0.29) is 24.0 Å². The Kier molecular flexibility index (Phi) is 15.6. The summed E-state index contributed by atoms with van der Waals surface area (Å²) in [7, 11) is 1.99. The van der Waals surface area contributed by atoms with Crippen LogP contribution in [0.4, 0.5) is 4.39 Å². The van der Waals surface area contributed by atoms with Gasteiger partial charge < -0.3 is 10.1 Å². The number of likely N-dealkylation sites (N-methyl/N-ethyl adjacent to an activating group) is 1. The zero-order valence-electron chi connectivity index (χ0n) is 20.4. The highest BCUT2D eigenvalue weighted by Gasteiger charge is 2.10. The Bertz CT molecular complexity index is 749. The molecule has 0 fully saturated rings. The molecular formula is C27H41FN2O3. The molecule has 0 spiro atoms. The number of carbonyl (C=O) groups is 2. The van der Waals surface area contributed by atoms with Crippen LogP contribution in [0.2, 0.25) is 0 Å². The van der Waals surface area contributed by atoms with Crippen LogP contribution in [0.15, 0.2) is 43.0 Å². The maximum atomic E-state index is 14.3. The van der Waals surface area contributed by atoms with E-state index in [1.165, 1.54) is 31.9 Å². The van der Waals surface area contributed by atoms with E-state index in [2.05, 4.69) is 16.8 Å². The van der Waals surface area contributed by atoms with Gasteiger partial charge in [-0.25, -0.2) is 4.39 Å². The van der Waals surface area contributed by atoms with Crippen molar-refractivity contribution in [1.82, 2.24) is 10.2 Å². The maximum Gasteiger partial charge on any atom is 0.216 e. The van der Waals surface area contributed by atoms with Gasteiger partial charge in [-0.05, 0) is 38.1 Å². The average molecular weight is 461 g/mol. The third kappa shape index (κ3) is 14.3. The lowest BCUT2D eigenvalue weighted by atomic mass is 10.0. The first kappa shape index (κ1) is 28.6. The number of ketones is 1. The number of hydrogen-bond acceptors (Lipinski definition) is 4. The van der Waals surface area contributed by atoms with Crippen molar-refractivity contribution < 1.29 is 18.7 Å². The van der Waals surface area contributed by atoms with E-state index in [4.69, 9.17) is 4.74 Å². The van der Waals surface area contributed by atoms with Gasteiger partial charge in [0.05, 0.1) is 0 Å². The average Bonchev–Trinajstić information content (AvgIpc) is 2.78. The maximum absolute atomic E-state index is 14.3. The molecule has 184 valence electrons. The molecule has 5 nitrogen and oxygen atoms in total. The first-order chi connectivity index (χ1) is 15.9. The number of nitrogens with zero attached hydrogens (tertiary/aromatic N) is 1. The third-order valence-electron chi connectivity index (χ3n) is 5.32. The van der Waals surface area contributed by atoms with Crippen LogP contribution in [0.3, 0.4) is 0 Å². The fourth-order valence-electron chi connectivity index (χ4n) is 3.43. The molecule has 1 aromatic carbocycles. The van der Waals surface area contributed by atoms with E-state index in [1.54, 1.807) is 6.07 Å². The molecule has 1 amide bonds. The first-order valence-electron chi connectivity index (χ1n) is 12.1. The van der Waals surface area contributed by atoms with Gasteiger partial charge in [-0.2, -0.15) is 0 Å². The van der Waals surface area contributed by atoms with Crippen LogP contribution in [-0.4, -0.2) is 49.9 Å². The number of carbonyl (C=O) groups excluding carboxylic acids is 2. The second kappa shape index (κ2) is 18.0. The SMILES string of the molecule is C=CCN(C)CC=CCOc1ccc(C(=O)CCCCCCCCCCNC(C)=O)cc1F. The smallest absolute Gasteiger partial charge is 0.216 e. The summed E-state index contributed by atoms with van der Waals surface area (Å²) in [5.41, 5.74) is 0.403. The van der Waals surface area contributed by atoms with Crippen LogP contribution in [-0.2, 0) is 4.79 Å². The van der Waals surface area contributed by atoms with Gasteiger partial charge in [0, 0.05) is 38.5 Å². The van der Waals surface area contributed by atoms with E-state index in [0.29, 0.717) is 12.0 Å². The van der Waals surface area contributed by atoms with Gasteiger partial charge >= 0.3 is 0 Å². The minimum absolute atomic E-state index is 0.0245. The van der Waals surface area contributed by atoms with Crippen LogP contribution in [0.25, 0.3) is 0 Å². The quantitative estimate of drug-likeness (QED) is 0.163. The molecule has 1 aromatic rings. The van der Waals surface area contributed by atoms with Crippen molar-refractivity contribution in [1.29, 1.82) is 0 Å². The topological polar surface area (TPSA) is 58.6 Å². The normalized spacial score (nSPS) is 11.2. The monoisotopic (exact) mass is 460 g/mol. The van der Waals surface area contributed by atoms with Crippen molar-refractivity contribution in [2.45, 2.75) is 64.7 Å². The molecule has 0 aliphatic carbocycles. The van der Waals surface area contributed by atoms with Crippen LogP contribution in [0.5, 0.6) is 5.75 Å². The molecule has 6 heteroatoms. The molecule has 0 atom stereocenters. The minimum Gasteiger partial charge on any atom is -0.486 e. The summed E-state index contributed by atoms with van der Waals surface area (Å²) in [6.07, 6.45) is 14.7. The molecule has 1 rings (SSSR count). The van der Waals surface area contributed by atoms with Gasteiger partial charge in [0.25, 0.3) is 0 Å². The Morgan fingerprint density at radius 3 is 2.33 bits per heavy atom. The lowest BCUT2D eigenvalue weighted by Gasteiger charge is -2.10. The lowest BCUT2D eigenvalue weighted by molar-refractivity contribution is -0.118. The van der Waals surface area contributed by atoms with E-state index in [0.717, 1.165) is 58.2 Å². The zero-order chi connectivity index (χ0) is 24.3. The van der Waals surface area contributed by atoms with Gasteiger partial charge in [-0.3, -0.25) is 14.5 Å². The minimum atomic E-state index is -0.503. The van der Waals surface area contributed by atoms with Gasteiger partial charge in [-0.15, -0.1) is 6.58 Å². The predicted octanol–water partition coefficient (Wildman–Crippen LogP) is 5.71. The Balaban J connectivity index is 2.17. The van der Waals surface area contributed by atoms with Crippen molar-refractivity contribution in [3.8, 4) is 5.75 Å². The Morgan fingerprint density at radius 1 is 1.03 bits per heavy atom. The van der Waals surface area contributed by atoms with Crippen LogP contribution in [0.1, 0.15) is 75.1 Å². The Labute approximate surface area is 199 Å². The molecule has 0 unspecified atom stereocenters. The standard InChI is InChI=1S/C27H41FN2O3/c1-4-19-30(3)20-13-14-21-33-27-17-16-24(22-25(27)28)26(32)15-11-9-7-5-6-8-10-12-18-29-23(2)31/h4,13-14,16-17,22H,1,5-12,15,18-21H2,2-3H3,(H,29,31). The molecule has 1 N–H and O–H groups in total. The predicted molar refractivity (Wildman–Crippen MR) is 133 cm³/mol. The molecule has 0 heterocycles. The molecule has 0 bridgehead atoms. The highest BCUT2D eigenvalue weighted by atomic mass is 19.1. The summed E-state index contributed by atoms with van der Waals surface area (Å²) in [4.78, 5) is 25.2. The van der Waals surface area contributed by atoms with Crippen molar-refractivity contribution in [2.75, 3.05) is 33.3 Å². The number of halogens is 1. The number of ether oxygens (including phenoxy) is 1. The second-order valence-electron chi connectivity index (χ2n) is 8.42. The molecule has 0 radical (unpaired) electrons. The van der Waals surface area contributed by atoms with Crippen molar-refractivity contribution in [2.24, 2.45) is 0 Å². The summed E-state index contributed by atoms with van der Waals surface area (Å²) in [5, 5.41) is 2.81. The Hall–Kier alpha value is -2.47. The largest absolute Gasteiger partial charge is 0.486 e. The first-order valence-corrected chi connectivity index (χ1v) is 12.1. The molecule has 0 saturated carbocycles. The summed E-state index contributed by atoms with van der Waals surface area (Å²) in [5.74, 6) is -0.337.